The predicted molar refractivity (Wildman–Crippen MR) is 99.0 cm³/mol. The molecular weight excluding hydrogens is 316 g/mol. The number of carbonyl (C=O) groups excluding carboxylic acids is 2. The number of urea groups is 1. The first-order valence-electron chi connectivity index (χ1n) is 9.19. The van der Waals surface area contributed by atoms with Crippen LogP contribution in [0.25, 0.3) is 0 Å². The molecule has 0 radical (unpaired) electrons. The summed E-state index contributed by atoms with van der Waals surface area (Å²) in [6.45, 7) is 5.51. The summed E-state index contributed by atoms with van der Waals surface area (Å²) in [6, 6.07) is 5.57. The second-order valence-corrected chi connectivity index (χ2v) is 7.17. The van der Waals surface area contributed by atoms with Crippen LogP contribution in [-0.4, -0.2) is 61.0 Å². The van der Waals surface area contributed by atoms with Gasteiger partial charge in [0.25, 0.3) is 5.91 Å². The standard InChI is InChI=1S/C19H28N4O2/c1-14-6-5-7-16(18(24)23-10-3-4-11-23)17(14)21-19(25)20-15-8-12-22(2)13-9-15/h5-7,15H,3-4,8-13H2,1-2H3,(H2,20,21,25). The first-order valence-corrected chi connectivity index (χ1v) is 9.19. The van der Waals surface area contributed by atoms with Gasteiger partial charge in [-0.05, 0) is 64.4 Å². The second kappa shape index (κ2) is 7.87. The van der Waals surface area contributed by atoms with Crippen LogP contribution in [0.2, 0.25) is 0 Å². The number of benzene rings is 1. The third-order valence-corrected chi connectivity index (χ3v) is 5.19. The van der Waals surface area contributed by atoms with Gasteiger partial charge in [0.05, 0.1) is 11.3 Å². The van der Waals surface area contributed by atoms with Crippen molar-refractivity contribution in [3.8, 4) is 0 Å². The van der Waals surface area contributed by atoms with Crippen LogP contribution in [0.15, 0.2) is 18.2 Å². The number of nitrogens with zero attached hydrogens (tertiary/aromatic N) is 2. The Morgan fingerprint density at radius 1 is 1.08 bits per heavy atom. The molecule has 0 aliphatic carbocycles. The zero-order chi connectivity index (χ0) is 17.8. The van der Waals surface area contributed by atoms with Gasteiger partial charge in [-0.1, -0.05) is 12.1 Å². The van der Waals surface area contributed by atoms with Crippen molar-refractivity contribution in [1.82, 2.24) is 15.1 Å². The van der Waals surface area contributed by atoms with E-state index in [-0.39, 0.29) is 18.0 Å². The predicted octanol–water partition coefficient (Wildman–Crippen LogP) is 2.45. The SMILES string of the molecule is Cc1cccc(C(=O)N2CCCC2)c1NC(=O)NC1CCN(C)CC1. The van der Waals surface area contributed by atoms with E-state index in [9.17, 15) is 9.59 Å². The highest BCUT2D eigenvalue weighted by molar-refractivity contribution is 6.04. The third kappa shape index (κ3) is 4.31. The smallest absolute Gasteiger partial charge is 0.319 e. The van der Waals surface area contributed by atoms with Crippen LogP contribution in [0, 0.1) is 6.92 Å². The fourth-order valence-corrected chi connectivity index (χ4v) is 3.59. The van der Waals surface area contributed by atoms with Gasteiger partial charge >= 0.3 is 6.03 Å². The van der Waals surface area contributed by atoms with Crippen LogP contribution in [0.3, 0.4) is 0 Å². The van der Waals surface area contributed by atoms with E-state index in [0.29, 0.717) is 11.3 Å². The first kappa shape index (κ1) is 17.7. The Kier molecular flexibility index (Phi) is 5.58. The molecule has 2 N–H and O–H groups in total. The molecule has 3 amide bonds. The van der Waals surface area contributed by atoms with Crippen molar-refractivity contribution in [2.24, 2.45) is 0 Å². The molecule has 1 aromatic carbocycles. The topological polar surface area (TPSA) is 64.7 Å². The quantitative estimate of drug-likeness (QED) is 0.885. The lowest BCUT2D eigenvalue weighted by Crippen LogP contribution is -2.45. The van der Waals surface area contributed by atoms with Gasteiger partial charge in [0.15, 0.2) is 0 Å². The molecule has 2 saturated heterocycles. The summed E-state index contributed by atoms with van der Waals surface area (Å²) in [5.74, 6) is 0.00999. The largest absolute Gasteiger partial charge is 0.339 e. The molecule has 0 aromatic heterocycles. The minimum Gasteiger partial charge on any atom is -0.339 e. The fraction of sp³-hybridized carbons (Fsp3) is 0.579. The number of nitrogens with one attached hydrogen (secondary N) is 2. The monoisotopic (exact) mass is 344 g/mol. The molecule has 0 unspecified atom stereocenters. The third-order valence-electron chi connectivity index (χ3n) is 5.19. The normalized spacial score (nSPS) is 19.0. The van der Waals surface area contributed by atoms with E-state index in [1.165, 1.54) is 0 Å². The molecule has 0 saturated carbocycles. The van der Waals surface area contributed by atoms with Gasteiger partial charge in [0.2, 0.25) is 0 Å². The number of rotatable bonds is 3. The number of piperidine rings is 1. The van der Waals surface area contributed by atoms with Gasteiger partial charge < -0.3 is 20.4 Å². The highest BCUT2D eigenvalue weighted by atomic mass is 16.2. The highest BCUT2D eigenvalue weighted by Gasteiger charge is 2.24. The van der Waals surface area contributed by atoms with Crippen LogP contribution in [0.1, 0.15) is 41.6 Å². The van der Waals surface area contributed by atoms with Crippen molar-refractivity contribution >= 4 is 17.6 Å². The van der Waals surface area contributed by atoms with Gasteiger partial charge in [-0.15, -0.1) is 0 Å². The number of para-hydroxylation sites is 1. The van der Waals surface area contributed by atoms with Crippen molar-refractivity contribution in [2.45, 2.75) is 38.6 Å². The number of hydrogen-bond acceptors (Lipinski definition) is 3. The number of aryl methyl sites for hydroxylation is 1. The van der Waals surface area contributed by atoms with Crippen molar-refractivity contribution in [3.63, 3.8) is 0 Å². The lowest BCUT2D eigenvalue weighted by Gasteiger charge is -2.29. The maximum Gasteiger partial charge on any atom is 0.319 e. The van der Waals surface area contributed by atoms with Crippen molar-refractivity contribution < 1.29 is 9.59 Å². The summed E-state index contributed by atoms with van der Waals surface area (Å²) >= 11 is 0. The van der Waals surface area contributed by atoms with E-state index in [2.05, 4.69) is 22.6 Å². The minimum absolute atomic E-state index is 0.00999. The molecule has 2 aliphatic heterocycles. The van der Waals surface area contributed by atoms with E-state index in [4.69, 9.17) is 0 Å². The van der Waals surface area contributed by atoms with Crippen molar-refractivity contribution in [2.75, 3.05) is 38.5 Å². The van der Waals surface area contributed by atoms with E-state index in [0.717, 1.165) is 57.4 Å². The minimum atomic E-state index is -0.223. The van der Waals surface area contributed by atoms with Crippen LogP contribution in [0.5, 0.6) is 0 Å². The number of hydrogen-bond donors (Lipinski definition) is 2. The van der Waals surface area contributed by atoms with Gasteiger partial charge in [0, 0.05) is 19.1 Å². The molecule has 3 rings (SSSR count). The Balaban J connectivity index is 1.68. The summed E-state index contributed by atoms with van der Waals surface area (Å²) in [6.07, 6.45) is 4.02. The number of carbonyl (C=O) groups is 2. The molecule has 2 fully saturated rings. The van der Waals surface area contributed by atoms with E-state index in [1.807, 2.05) is 24.0 Å². The average molecular weight is 344 g/mol. The van der Waals surface area contributed by atoms with Crippen LogP contribution >= 0.6 is 0 Å². The lowest BCUT2D eigenvalue weighted by atomic mass is 10.1. The van der Waals surface area contributed by atoms with E-state index >= 15 is 0 Å². The zero-order valence-electron chi connectivity index (χ0n) is 15.2. The molecular formula is C19H28N4O2. The molecule has 25 heavy (non-hydrogen) atoms. The molecule has 2 heterocycles. The fourth-order valence-electron chi connectivity index (χ4n) is 3.59. The Morgan fingerprint density at radius 3 is 2.44 bits per heavy atom. The van der Waals surface area contributed by atoms with Gasteiger partial charge in [-0.25, -0.2) is 4.79 Å². The van der Waals surface area contributed by atoms with Gasteiger partial charge in [-0.2, -0.15) is 0 Å². The Bertz CT molecular complexity index is 632. The summed E-state index contributed by atoms with van der Waals surface area (Å²) in [5, 5.41) is 5.98. The molecule has 0 atom stereocenters. The number of anilines is 1. The Morgan fingerprint density at radius 2 is 1.76 bits per heavy atom. The zero-order valence-corrected chi connectivity index (χ0v) is 15.2. The summed E-state index contributed by atoms with van der Waals surface area (Å²) in [4.78, 5) is 29.4. The number of likely N-dealkylation sites (tertiary alicyclic amines) is 2. The summed E-state index contributed by atoms with van der Waals surface area (Å²) < 4.78 is 0. The Labute approximate surface area is 149 Å². The first-order chi connectivity index (χ1) is 12.0. The summed E-state index contributed by atoms with van der Waals surface area (Å²) in [7, 11) is 2.10. The number of amides is 3. The molecule has 6 heteroatoms. The van der Waals surface area contributed by atoms with Crippen LogP contribution in [-0.2, 0) is 0 Å². The van der Waals surface area contributed by atoms with Crippen molar-refractivity contribution in [1.29, 1.82) is 0 Å². The molecule has 2 aliphatic rings. The van der Waals surface area contributed by atoms with Crippen LogP contribution in [0.4, 0.5) is 10.5 Å². The lowest BCUT2D eigenvalue weighted by molar-refractivity contribution is 0.0794. The van der Waals surface area contributed by atoms with Crippen LogP contribution < -0.4 is 10.6 Å². The van der Waals surface area contributed by atoms with Gasteiger partial charge in [0.1, 0.15) is 0 Å². The van der Waals surface area contributed by atoms with Gasteiger partial charge in [-0.3, -0.25) is 4.79 Å². The molecule has 0 bridgehead atoms. The van der Waals surface area contributed by atoms with E-state index < -0.39 is 0 Å². The second-order valence-electron chi connectivity index (χ2n) is 7.17. The van der Waals surface area contributed by atoms with Crippen molar-refractivity contribution in [3.05, 3.63) is 29.3 Å². The molecule has 0 spiro atoms. The maximum absolute atomic E-state index is 12.8. The highest BCUT2D eigenvalue weighted by Crippen LogP contribution is 2.24. The Hall–Kier alpha value is -2.08. The molecule has 136 valence electrons. The average Bonchev–Trinajstić information content (AvgIpc) is 3.13. The summed E-state index contributed by atoms with van der Waals surface area (Å²) in [5.41, 5.74) is 2.12. The molecule has 1 aromatic rings. The maximum atomic E-state index is 12.8. The van der Waals surface area contributed by atoms with E-state index in [1.54, 1.807) is 6.07 Å². The molecule has 6 nitrogen and oxygen atoms in total.